The number of aryl methyl sites for hydroxylation is 1. The minimum Gasteiger partial charge on any atom is -0.220 e. The van der Waals surface area contributed by atoms with E-state index in [0.29, 0.717) is 0 Å². The lowest BCUT2D eigenvalue weighted by atomic mass is 10.1. The zero-order chi connectivity index (χ0) is 12.3. The summed E-state index contributed by atoms with van der Waals surface area (Å²) in [6, 6.07) is 8.20. The number of nitrogens with zero attached hydrogens (tertiary/aromatic N) is 3. The first kappa shape index (κ1) is 12.1. The van der Waals surface area contributed by atoms with E-state index in [1.165, 1.54) is 5.56 Å². The van der Waals surface area contributed by atoms with E-state index in [1.54, 1.807) is 4.68 Å². The molecule has 0 amide bonds. The summed E-state index contributed by atoms with van der Waals surface area (Å²) < 4.78 is 1.80. The van der Waals surface area contributed by atoms with E-state index in [0.717, 1.165) is 24.2 Å². The minimum atomic E-state index is -0.0578. The molecule has 2 rings (SSSR count). The van der Waals surface area contributed by atoms with Crippen LogP contribution in [0.1, 0.15) is 36.9 Å². The molecule has 0 bridgehead atoms. The Morgan fingerprint density at radius 3 is 2.76 bits per heavy atom. The van der Waals surface area contributed by atoms with Gasteiger partial charge < -0.3 is 0 Å². The third-order valence-electron chi connectivity index (χ3n) is 2.81. The Hall–Kier alpha value is -1.35. The van der Waals surface area contributed by atoms with Crippen LogP contribution in [0.4, 0.5) is 0 Å². The number of para-hydroxylation sites is 1. The number of alkyl halides is 1. The smallest absolute Gasteiger partial charge is 0.101 e. The standard InChI is InChI=1S/C13H16ClN3/c1-3-10-7-5-6-8-13(10)17-9-12(15-16-17)11(14)4-2/h5-9,11H,3-4H2,1-2H3. The molecule has 1 atom stereocenters. The zero-order valence-corrected chi connectivity index (χ0v) is 10.9. The maximum atomic E-state index is 6.15. The number of benzene rings is 1. The molecule has 0 aliphatic heterocycles. The molecule has 1 heterocycles. The number of hydrogen-bond donors (Lipinski definition) is 0. The summed E-state index contributed by atoms with van der Waals surface area (Å²) in [6.07, 6.45) is 3.74. The first-order valence-corrected chi connectivity index (χ1v) is 6.34. The van der Waals surface area contributed by atoms with Crippen molar-refractivity contribution in [3.63, 3.8) is 0 Å². The molecule has 0 aliphatic rings. The van der Waals surface area contributed by atoms with Gasteiger partial charge in [0.2, 0.25) is 0 Å². The van der Waals surface area contributed by atoms with Crippen LogP contribution < -0.4 is 0 Å². The van der Waals surface area contributed by atoms with E-state index in [2.05, 4.69) is 23.3 Å². The lowest BCUT2D eigenvalue weighted by Gasteiger charge is -2.06. The maximum absolute atomic E-state index is 6.15. The van der Waals surface area contributed by atoms with Gasteiger partial charge in [0.05, 0.1) is 17.3 Å². The molecule has 0 radical (unpaired) electrons. The monoisotopic (exact) mass is 249 g/mol. The fourth-order valence-corrected chi connectivity index (χ4v) is 1.88. The van der Waals surface area contributed by atoms with E-state index >= 15 is 0 Å². The minimum absolute atomic E-state index is 0.0578. The highest BCUT2D eigenvalue weighted by atomic mass is 35.5. The van der Waals surface area contributed by atoms with Crippen LogP contribution in [-0.2, 0) is 6.42 Å². The lowest BCUT2D eigenvalue weighted by Crippen LogP contribution is -1.99. The van der Waals surface area contributed by atoms with E-state index in [1.807, 2.05) is 31.3 Å². The van der Waals surface area contributed by atoms with Crippen molar-refractivity contribution >= 4 is 11.6 Å². The van der Waals surface area contributed by atoms with Gasteiger partial charge in [0, 0.05) is 0 Å². The van der Waals surface area contributed by atoms with Gasteiger partial charge in [-0.3, -0.25) is 0 Å². The normalized spacial score (nSPS) is 12.6. The second-order valence-corrected chi connectivity index (χ2v) is 4.47. The molecule has 1 aromatic heterocycles. The fraction of sp³-hybridized carbons (Fsp3) is 0.385. The van der Waals surface area contributed by atoms with Gasteiger partial charge in [-0.1, -0.05) is 37.3 Å². The number of hydrogen-bond acceptors (Lipinski definition) is 2. The van der Waals surface area contributed by atoms with Gasteiger partial charge in [0.15, 0.2) is 0 Å². The summed E-state index contributed by atoms with van der Waals surface area (Å²) in [7, 11) is 0. The average molecular weight is 250 g/mol. The van der Waals surface area contributed by atoms with Crippen LogP contribution >= 0.6 is 11.6 Å². The summed E-state index contributed by atoms with van der Waals surface area (Å²) in [4.78, 5) is 0. The van der Waals surface area contributed by atoms with Gasteiger partial charge in [-0.15, -0.1) is 16.7 Å². The molecule has 0 saturated carbocycles. The van der Waals surface area contributed by atoms with Gasteiger partial charge in [-0.05, 0) is 24.5 Å². The highest BCUT2D eigenvalue weighted by Gasteiger charge is 2.11. The van der Waals surface area contributed by atoms with Crippen LogP contribution in [0.25, 0.3) is 5.69 Å². The van der Waals surface area contributed by atoms with Crippen LogP contribution in [0, 0.1) is 0 Å². The lowest BCUT2D eigenvalue weighted by molar-refractivity contribution is 0.779. The summed E-state index contributed by atoms with van der Waals surface area (Å²) in [5.41, 5.74) is 3.17. The quantitative estimate of drug-likeness (QED) is 0.777. The Balaban J connectivity index is 2.37. The van der Waals surface area contributed by atoms with Gasteiger partial charge in [0.25, 0.3) is 0 Å². The van der Waals surface area contributed by atoms with Crippen LogP contribution in [-0.4, -0.2) is 15.0 Å². The fourth-order valence-electron chi connectivity index (χ4n) is 1.78. The average Bonchev–Trinajstić information content (AvgIpc) is 2.87. The van der Waals surface area contributed by atoms with Crippen molar-refractivity contribution in [1.29, 1.82) is 0 Å². The third kappa shape index (κ3) is 2.50. The Morgan fingerprint density at radius 1 is 1.29 bits per heavy atom. The van der Waals surface area contributed by atoms with Crippen molar-refractivity contribution in [3.8, 4) is 5.69 Å². The zero-order valence-electron chi connectivity index (χ0n) is 10.1. The van der Waals surface area contributed by atoms with Crippen molar-refractivity contribution in [2.75, 3.05) is 0 Å². The first-order valence-electron chi connectivity index (χ1n) is 5.90. The molecule has 2 aromatic rings. The highest BCUT2D eigenvalue weighted by Crippen LogP contribution is 2.22. The predicted octanol–water partition coefficient (Wildman–Crippen LogP) is 3.52. The van der Waals surface area contributed by atoms with Crippen molar-refractivity contribution < 1.29 is 0 Å². The van der Waals surface area contributed by atoms with Gasteiger partial charge in [-0.2, -0.15) is 0 Å². The highest BCUT2D eigenvalue weighted by molar-refractivity contribution is 6.20. The van der Waals surface area contributed by atoms with Crippen LogP contribution in [0.5, 0.6) is 0 Å². The molecule has 17 heavy (non-hydrogen) atoms. The molecular weight excluding hydrogens is 234 g/mol. The van der Waals surface area contributed by atoms with Crippen molar-refractivity contribution in [2.45, 2.75) is 32.1 Å². The Labute approximate surface area is 106 Å². The van der Waals surface area contributed by atoms with Gasteiger partial charge >= 0.3 is 0 Å². The van der Waals surface area contributed by atoms with E-state index in [9.17, 15) is 0 Å². The van der Waals surface area contributed by atoms with Gasteiger partial charge in [0.1, 0.15) is 5.69 Å². The van der Waals surface area contributed by atoms with Crippen LogP contribution in [0.15, 0.2) is 30.5 Å². The molecule has 0 spiro atoms. The second-order valence-electron chi connectivity index (χ2n) is 3.95. The Bertz CT molecular complexity index is 493. The Kier molecular flexibility index (Phi) is 3.79. The molecule has 1 aromatic carbocycles. The largest absolute Gasteiger partial charge is 0.220 e. The first-order chi connectivity index (χ1) is 8.26. The molecule has 3 nitrogen and oxygen atoms in total. The molecule has 90 valence electrons. The molecule has 4 heteroatoms. The molecule has 0 fully saturated rings. The van der Waals surface area contributed by atoms with Crippen LogP contribution in [0.3, 0.4) is 0 Å². The predicted molar refractivity (Wildman–Crippen MR) is 69.6 cm³/mol. The number of rotatable bonds is 4. The van der Waals surface area contributed by atoms with Crippen molar-refractivity contribution in [2.24, 2.45) is 0 Å². The maximum Gasteiger partial charge on any atom is 0.101 e. The molecular formula is C13H16ClN3. The number of halogens is 1. The van der Waals surface area contributed by atoms with E-state index < -0.39 is 0 Å². The molecule has 1 unspecified atom stereocenters. The Morgan fingerprint density at radius 2 is 2.06 bits per heavy atom. The summed E-state index contributed by atoms with van der Waals surface area (Å²) in [6.45, 7) is 4.17. The van der Waals surface area contributed by atoms with E-state index in [-0.39, 0.29) is 5.38 Å². The van der Waals surface area contributed by atoms with Crippen molar-refractivity contribution in [3.05, 3.63) is 41.7 Å². The topological polar surface area (TPSA) is 30.7 Å². The molecule has 0 aliphatic carbocycles. The third-order valence-corrected chi connectivity index (χ3v) is 3.34. The molecule has 0 N–H and O–H groups in total. The summed E-state index contributed by atoms with van der Waals surface area (Å²) in [5, 5.41) is 8.21. The summed E-state index contributed by atoms with van der Waals surface area (Å²) in [5.74, 6) is 0. The SMILES string of the molecule is CCc1ccccc1-n1cc(C(Cl)CC)nn1. The summed E-state index contributed by atoms with van der Waals surface area (Å²) >= 11 is 6.15. The number of aromatic nitrogens is 3. The van der Waals surface area contributed by atoms with Crippen molar-refractivity contribution in [1.82, 2.24) is 15.0 Å². The van der Waals surface area contributed by atoms with E-state index in [4.69, 9.17) is 11.6 Å². The molecule has 0 saturated heterocycles. The van der Waals surface area contributed by atoms with Crippen LogP contribution in [0.2, 0.25) is 0 Å². The van der Waals surface area contributed by atoms with Gasteiger partial charge in [-0.25, -0.2) is 4.68 Å². The second kappa shape index (κ2) is 5.32.